The number of benzene rings is 1. The van der Waals surface area contributed by atoms with Crippen LogP contribution in [-0.4, -0.2) is 10.1 Å². The molecule has 3 nitrogen and oxygen atoms in total. The summed E-state index contributed by atoms with van der Waals surface area (Å²) in [4.78, 5) is 13.9. The second-order valence-electron chi connectivity index (χ2n) is 3.03. The molecule has 0 saturated carbocycles. The summed E-state index contributed by atoms with van der Waals surface area (Å²) in [6.07, 6.45) is 1.57. The Labute approximate surface area is 74.7 Å². The molecule has 2 aromatic rings. The van der Waals surface area contributed by atoms with Crippen LogP contribution in [0.4, 0.5) is 0 Å². The van der Waals surface area contributed by atoms with Gasteiger partial charge in [0.15, 0.2) is 0 Å². The summed E-state index contributed by atoms with van der Waals surface area (Å²) in [5.41, 5.74) is 0.588. The van der Waals surface area contributed by atoms with E-state index >= 15 is 0 Å². The molecule has 0 unspecified atom stereocenters. The topological polar surface area (TPSA) is 53.1 Å². The summed E-state index contributed by atoms with van der Waals surface area (Å²) in [5.74, 6) is 0.220. The van der Waals surface area contributed by atoms with Crippen LogP contribution >= 0.6 is 0 Å². The Morgan fingerprint density at radius 3 is 2.92 bits per heavy atom. The zero-order valence-corrected chi connectivity index (χ0v) is 7.16. The van der Waals surface area contributed by atoms with Gasteiger partial charge in [0.25, 0.3) is 5.56 Å². The largest absolute Gasteiger partial charge is 0.508 e. The first-order chi connectivity index (χ1) is 6.18. The van der Waals surface area contributed by atoms with E-state index in [0.717, 1.165) is 5.39 Å². The minimum atomic E-state index is -0.124. The Morgan fingerprint density at radius 1 is 1.38 bits per heavy atom. The molecule has 2 N–H and O–H groups in total. The molecule has 1 aromatic heterocycles. The molecule has 0 radical (unpaired) electrons. The molecule has 0 amide bonds. The first kappa shape index (κ1) is 7.86. The van der Waals surface area contributed by atoms with Crippen molar-refractivity contribution < 1.29 is 5.11 Å². The number of nitrogens with one attached hydrogen (secondary N) is 1. The predicted molar refractivity (Wildman–Crippen MR) is 51.0 cm³/mol. The molecule has 0 aliphatic carbocycles. The molecule has 0 bridgehead atoms. The van der Waals surface area contributed by atoms with E-state index in [1.54, 1.807) is 31.3 Å². The highest BCUT2D eigenvalue weighted by Crippen LogP contribution is 2.21. The van der Waals surface area contributed by atoms with Gasteiger partial charge in [-0.1, -0.05) is 0 Å². The van der Waals surface area contributed by atoms with Gasteiger partial charge in [0.1, 0.15) is 5.75 Å². The molecule has 0 saturated heterocycles. The lowest BCUT2D eigenvalue weighted by Gasteiger charge is -2.00. The van der Waals surface area contributed by atoms with Crippen molar-refractivity contribution in [3.05, 3.63) is 40.3 Å². The zero-order valence-electron chi connectivity index (χ0n) is 7.16. The third-order valence-electron chi connectivity index (χ3n) is 2.09. The quantitative estimate of drug-likeness (QED) is 0.638. The average molecular weight is 175 g/mol. The van der Waals surface area contributed by atoms with Crippen LogP contribution in [-0.2, 0) is 0 Å². The Morgan fingerprint density at radius 2 is 2.15 bits per heavy atom. The molecule has 1 aromatic carbocycles. The summed E-state index contributed by atoms with van der Waals surface area (Å²) < 4.78 is 0. The molecule has 13 heavy (non-hydrogen) atoms. The highest BCUT2D eigenvalue weighted by atomic mass is 16.3. The highest BCUT2D eigenvalue weighted by molar-refractivity contribution is 5.83. The average Bonchev–Trinajstić information content (AvgIpc) is 2.09. The van der Waals surface area contributed by atoms with Gasteiger partial charge in [-0.15, -0.1) is 0 Å². The fourth-order valence-electron chi connectivity index (χ4n) is 1.33. The third-order valence-corrected chi connectivity index (χ3v) is 2.09. The lowest BCUT2D eigenvalue weighted by atomic mass is 10.1. The van der Waals surface area contributed by atoms with Crippen molar-refractivity contribution in [1.82, 2.24) is 4.98 Å². The highest BCUT2D eigenvalue weighted by Gasteiger charge is 2.01. The number of rotatable bonds is 0. The van der Waals surface area contributed by atoms with E-state index < -0.39 is 0 Å². The number of hydrogen-bond donors (Lipinski definition) is 2. The van der Waals surface area contributed by atoms with E-state index in [1.165, 1.54) is 0 Å². The van der Waals surface area contributed by atoms with Gasteiger partial charge in [-0.05, 0) is 36.1 Å². The number of aromatic nitrogens is 1. The van der Waals surface area contributed by atoms with Crippen molar-refractivity contribution in [2.45, 2.75) is 6.92 Å². The lowest BCUT2D eigenvalue weighted by Crippen LogP contribution is -2.04. The van der Waals surface area contributed by atoms with Crippen molar-refractivity contribution in [1.29, 1.82) is 0 Å². The molecule has 0 aliphatic rings. The molecular formula is C10H9NO2. The molecular weight excluding hydrogens is 166 g/mol. The molecule has 1 heterocycles. The maximum atomic E-state index is 11.3. The molecule has 0 atom stereocenters. The molecule has 66 valence electrons. The summed E-state index contributed by atoms with van der Waals surface area (Å²) in [6.45, 7) is 1.77. The minimum Gasteiger partial charge on any atom is -0.508 e. The van der Waals surface area contributed by atoms with E-state index in [4.69, 9.17) is 0 Å². The Balaban J connectivity index is 2.97. The van der Waals surface area contributed by atoms with Gasteiger partial charge < -0.3 is 10.1 Å². The Kier molecular flexibility index (Phi) is 1.59. The van der Waals surface area contributed by atoms with Crippen LogP contribution in [0.3, 0.4) is 0 Å². The Hall–Kier alpha value is -1.77. The molecule has 2 rings (SSSR count). The molecule has 3 heteroatoms. The third kappa shape index (κ3) is 1.18. The SMILES string of the molecule is Cc1cc2c(=O)[nH]ccc2cc1O. The zero-order chi connectivity index (χ0) is 9.42. The second kappa shape index (κ2) is 2.62. The van der Waals surface area contributed by atoms with Gasteiger partial charge in [0.2, 0.25) is 0 Å². The number of pyridine rings is 1. The standard InChI is InChI=1S/C10H9NO2/c1-6-4-8-7(5-9(6)12)2-3-11-10(8)13/h2-5,12H,1H3,(H,11,13). The van der Waals surface area contributed by atoms with Crippen molar-refractivity contribution >= 4 is 10.8 Å². The van der Waals surface area contributed by atoms with Crippen LogP contribution in [0.2, 0.25) is 0 Å². The first-order valence-corrected chi connectivity index (χ1v) is 3.99. The van der Waals surface area contributed by atoms with Crippen molar-refractivity contribution in [3.8, 4) is 5.75 Å². The molecule has 0 spiro atoms. The fraction of sp³-hybridized carbons (Fsp3) is 0.100. The fourth-order valence-corrected chi connectivity index (χ4v) is 1.33. The van der Waals surface area contributed by atoms with E-state index in [0.29, 0.717) is 10.9 Å². The van der Waals surface area contributed by atoms with Gasteiger partial charge in [0, 0.05) is 11.6 Å². The monoisotopic (exact) mass is 175 g/mol. The van der Waals surface area contributed by atoms with Crippen molar-refractivity contribution in [3.63, 3.8) is 0 Å². The number of fused-ring (bicyclic) bond motifs is 1. The Bertz CT molecular complexity index is 514. The summed E-state index contributed by atoms with van der Waals surface area (Å²) >= 11 is 0. The van der Waals surface area contributed by atoms with Crippen molar-refractivity contribution in [2.24, 2.45) is 0 Å². The lowest BCUT2D eigenvalue weighted by molar-refractivity contribution is 0.472. The van der Waals surface area contributed by atoms with E-state index in [9.17, 15) is 9.90 Å². The number of hydrogen-bond acceptors (Lipinski definition) is 2. The second-order valence-corrected chi connectivity index (χ2v) is 3.03. The van der Waals surface area contributed by atoms with Gasteiger partial charge in [-0.3, -0.25) is 4.79 Å². The number of aryl methyl sites for hydroxylation is 1. The summed E-state index contributed by atoms with van der Waals surface area (Å²) in [7, 11) is 0. The van der Waals surface area contributed by atoms with Crippen LogP contribution in [0.25, 0.3) is 10.8 Å². The number of phenolic OH excluding ortho intramolecular Hbond substituents is 1. The molecule has 0 aliphatic heterocycles. The van der Waals surface area contributed by atoms with Crippen molar-refractivity contribution in [2.75, 3.05) is 0 Å². The number of H-pyrrole nitrogens is 1. The van der Waals surface area contributed by atoms with Gasteiger partial charge in [-0.2, -0.15) is 0 Å². The number of phenols is 1. The van der Waals surface area contributed by atoms with Gasteiger partial charge in [-0.25, -0.2) is 0 Å². The van der Waals surface area contributed by atoms with Crippen LogP contribution in [0.15, 0.2) is 29.2 Å². The summed E-state index contributed by atoms with van der Waals surface area (Å²) in [6, 6.07) is 5.04. The predicted octanol–water partition coefficient (Wildman–Crippen LogP) is 1.54. The van der Waals surface area contributed by atoms with Crippen LogP contribution < -0.4 is 5.56 Å². The van der Waals surface area contributed by atoms with E-state index in [-0.39, 0.29) is 11.3 Å². The maximum absolute atomic E-state index is 11.3. The van der Waals surface area contributed by atoms with Gasteiger partial charge in [0.05, 0.1) is 0 Å². The number of aromatic hydroxyl groups is 1. The summed E-state index contributed by atoms with van der Waals surface area (Å²) in [5, 5.41) is 10.8. The van der Waals surface area contributed by atoms with Crippen LogP contribution in [0.1, 0.15) is 5.56 Å². The van der Waals surface area contributed by atoms with Gasteiger partial charge >= 0.3 is 0 Å². The van der Waals surface area contributed by atoms with E-state index in [2.05, 4.69) is 4.98 Å². The van der Waals surface area contributed by atoms with Crippen LogP contribution in [0, 0.1) is 6.92 Å². The van der Waals surface area contributed by atoms with E-state index in [1.807, 2.05) is 0 Å². The number of aromatic amines is 1. The smallest absolute Gasteiger partial charge is 0.255 e. The van der Waals surface area contributed by atoms with Crippen LogP contribution in [0.5, 0.6) is 5.75 Å². The normalized spacial score (nSPS) is 10.5. The minimum absolute atomic E-state index is 0.124. The maximum Gasteiger partial charge on any atom is 0.255 e. The first-order valence-electron chi connectivity index (χ1n) is 3.99. The molecule has 0 fully saturated rings.